The first-order valence-electron chi connectivity index (χ1n) is 9.50. The number of ether oxygens (including phenoxy) is 2. The Labute approximate surface area is 190 Å². The van der Waals surface area contributed by atoms with Crippen LogP contribution < -0.4 is 4.74 Å². The van der Waals surface area contributed by atoms with E-state index in [9.17, 15) is 9.59 Å². The van der Waals surface area contributed by atoms with Crippen LogP contribution in [0.5, 0.6) is 5.75 Å². The third kappa shape index (κ3) is 3.32. The normalized spacial score (nSPS) is 18.1. The number of benzene rings is 3. The lowest BCUT2D eigenvalue weighted by atomic mass is 9.62. The summed E-state index contributed by atoms with van der Waals surface area (Å²) < 4.78 is 10.7. The molecule has 0 spiro atoms. The van der Waals surface area contributed by atoms with E-state index in [-0.39, 0.29) is 5.57 Å². The lowest BCUT2D eigenvalue weighted by Crippen LogP contribution is -2.43. The van der Waals surface area contributed by atoms with E-state index >= 15 is 0 Å². The monoisotopic (exact) mass is 452 g/mol. The second-order valence-electron chi connectivity index (χ2n) is 7.18. The van der Waals surface area contributed by atoms with Crippen LogP contribution in [0, 0.1) is 0 Å². The molecule has 1 aliphatic rings. The molecule has 1 aliphatic heterocycles. The Bertz CT molecular complexity index is 1190. The number of hydrogen-bond acceptors (Lipinski definition) is 4. The Morgan fingerprint density at radius 2 is 1.71 bits per heavy atom. The molecule has 4 rings (SSSR count). The number of esters is 2. The topological polar surface area (TPSA) is 52.6 Å². The first-order chi connectivity index (χ1) is 14.9. The highest BCUT2D eigenvalue weighted by Gasteiger charge is 2.58. The highest BCUT2D eigenvalue weighted by atomic mass is 35.5. The van der Waals surface area contributed by atoms with Gasteiger partial charge >= 0.3 is 11.9 Å². The van der Waals surface area contributed by atoms with E-state index in [1.165, 1.54) is 7.11 Å². The Balaban J connectivity index is 2.11. The maximum Gasteiger partial charge on any atom is 0.333 e. The third-order valence-electron chi connectivity index (χ3n) is 5.57. The van der Waals surface area contributed by atoms with Gasteiger partial charge < -0.3 is 9.47 Å². The van der Waals surface area contributed by atoms with Crippen molar-refractivity contribution in [3.05, 3.63) is 112 Å². The zero-order valence-electron chi connectivity index (χ0n) is 16.6. The van der Waals surface area contributed by atoms with Gasteiger partial charge in [0, 0.05) is 27.1 Å². The average molecular weight is 453 g/mol. The van der Waals surface area contributed by atoms with Gasteiger partial charge in [0.1, 0.15) is 11.2 Å². The zero-order chi connectivity index (χ0) is 22.2. The molecule has 0 aliphatic carbocycles. The summed E-state index contributed by atoms with van der Waals surface area (Å²) in [6.45, 7) is 4.01. The maximum absolute atomic E-state index is 13.7. The average Bonchev–Trinajstić information content (AvgIpc) is 3.07. The summed E-state index contributed by atoms with van der Waals surface area (Å²) in [5, 5.41) is 0.731. The third-order valence-corrected chi connectivity index (χ3v) is 6.13. The van der Waals surface area contributed by atoms with Gasteiger partial charge in [-0.15, -0.1) is 0 Å². The van der Waals surface area contributed by atoms with Crippen LogP contribution in [0.2, 0.25) is 10.0 Å². The van der Waals surface area contributed by atoms with Crippen molar-refractivity contribution >= 4 is 35.1 Å². The largest absolute Gasteiger partial charge is 0.466 e. The Hall–Kier alpha value is -3.08. The van der Waals surface area contributed by atoms with Crippen LogP contribution in [-0.2, 0) is 19.7 Å². The summed E-state index contributed by atoms with van der Waals surface area (Å²) in [6.07, 6.45) is 0. The molecule has 3 aromatic carbocycles. The molecule has 0 saturated heterocycles. The van der Waals surface area contributed by atoms with Crippen molar-refractivity contribution in [1.82, 2.24) is 0 Å². The Morgan fingerprint density at radius 3 is 2.39 bits per heavy atom. The van der Waals surface area contributed by atoms with Gasteiger partial charge in [0.2, 0.25) is 0 Å². The fraction of sp³-hybridized carbons (Fsp3) is 0.120. The molecule has 31 heavy (non-hydrogen) atoms. The molecule has 6 heteroatoms. The van der Waals surface area contributed by atoms with Crippen molar-refractivity contribution < 1.29 is 19.1 Å². The van der Waals surface area contributed by atoms with Crippen molar-refractivity contribution in [2.45, 2.75) is 11.3 Å². The van der Waals surface area contributed by atoms with Gasteiger partial charge in [0.15, 0.2) is 0 Å². The zero-order valence-corrected chi connectivity index (χ0v) is 18.1. The standard InChI is InChI=1S/C25H18Cl2O4/c1-15(23(28)30-2)22(18-13-12-17(26)14-20(18)27)25(16-8-4-3-5-9-16)19-10-6-7-11-21(19)31-24(25)29/h3-14,22H,1H2,2H3/t22-,25-/m0/s1. The summed E-state index contributed by atoms with van der Waals surface area (Å²) in [7, 11) is 1.27. The number of hydrogen-bond donors (Lipinski definition) is 0. The van der Waals surface area contributed by atoms with Gasteiger partial charge in [-0.25, -0.2) is 4.79 Å². The van der Waals surface area contributed by atoms with Crippen molar-refractivity contribution in [3.8, 4) is 5.75 Å². The molecule has 1 heterocycles. The van der Waals surface area contributed by atoms with Gasteiger partial charge in [0.25, 0.3) is 0 Å². The second-order valence-corrected chi connectivity index (χ2v) is 8.02. The molecular weight excluding hydrogens is 435 g/mol. The van der Waals surface area contributed by atoms with Crippen molar-refractivity contribution in [1.29, 1.82) is 0 Å². The molecule has 0 aromatic heterocycles. The molecule has 2 atom stereocenters. The predicted molar refractivity (Wildman–Crippen MR) is 120 cm³/mol. The fourth-order valence-electron chi connectivity index (χ4n) is 4.25. The van der Waals surface area contributed by atoms with Crippen LogP contribution in [0.3, 0.4) is 0 Å². The minimum Gasteiger partial charge on any atom is -0.466 e. The predicted octanol–water partition coefficient (Wildman–Crippen LogP) is 5.71. The van der Waals surface area contributed by atoms with E-state index in [2.05, 4.69) is 6.58 Å². The van der Waals surface area contributed by atoms with Crippen LogP contribution in [0.15, 0.2) is 84.9 Å². The minimum absolute atomic E-state index is 0.0734. The highest BCUT2D eigenvalue weighted by Crippen LogP contribution is 2.56. The molecule has 0 unspecified atom stereocenters. The number of carbonyl (C=O) groups is 2. The van der Waals surface area contributed by atoms with E-state index in [1.54, 1.807) is 30.3 Å². The molecule has 0 fully saturated rings. The van der Waals surface area contributed by atoms with Gasteiger partial charge in [-0.3, -0.25) is 4.79 Å². The number of halogens is 2. The lowest BCUT2D eigenvalue weighted by Gasteiger charge is -2.36. The molecular formula is C25H18Cl2O4. The van der Waals surface area contributed by atoms with E-state index in [0.717, 1.165) is 0 Å². The van der Waals surface area contributed by atoms with Crippen molar-refractivity contribution in [2.75, 3.05) is 7.11 Å². The second kappa shape index (κ2) is 8.22. The molecule has 0 radical (unpaired) electrons. The summed E-state index contributed by atoms with van der Waals surface area (Å²) >= 11 is 12.7. The van der Waals surface area contributed by atoms with Crippen LogP contribution in [0.4, 0.5) is 0 Å². The molecule has 0 bridgehead atoms. The number of fused-ring (bicyclic) bond motifs is 1. The Morgan fingerprint density at radius 1 is 1.03 bits per heavy atom. The van der Waals surface area contributed by atoms with Gasteiger partial charge in [-0.2, -0.15) is 0 Å². The molecule has 0 amide bonds. The number of para-hydroxylation sites is 1. The van der Waals surface area contributed by atoms with E-state index in [4.69, 9.17) is 32.7 Å². The number of carbonyl (C=O) groups excluding carboxylic acids is 2. The smallest absolute Gasteiger partial charge is 0.333 e. The van der Waals surface area contributed by atoms with Crippen molar-refractivity contribution in [2.24, 2.45) is 0 Å². The summed E-state index contributed by atoms with van der Waals surface area (Å²) in [5.41, 5.74) is 0.446. The SMILES string of the molecule is C=C(C(=O)OC)[C@@H](c1ccc(Cl)cc1Cl)[C@@]1(c2ccccc2)C(=O)Oc2ccccc21. The van der Waals surface area contributed by atoms with Crippen LogP contribution >= 0.6 is 23.2 Å². The van der Waals surface area contributed by atoms with Crippen LogP contribution in [0.1, 0.15) is 22.6 Å². The van der Waals surface area contributed by atoms with Gasteiger partial charge in [0.05, 0.1) is 7.11 Å². The molecule has 156 valence electrons. The Kier molecular flexibility index (Phi) is 5.61. The summed E-state index contributed by atoms with van der Waals surface area (Å²) in [6, 6.07) is 21.2. The van der Waals surface area contributed by atoms with Crippen LogP contribution in [0.25, 0.3) is 0 Å². The van der Waals surface area contributed by atoms with Crippen LogP contribution in [-0.4, -0.2) is 19.0 Å². The quantitative estimate of drug-likeness (QED) is 0.282. The van der Waals surface area contributed by atoms with E-state index in [0.29, 0.717) is 32.5 Å². The van der Waals surface area contributed by atoms with E-state index < -0.39 is 23.3 Å². The number of methoxy groups -OCH3 is 1. The molecule has 0 saturated carbocycles. The van der Waals surface area contributed by atoms with Gasteiger partial charge in [-0.05, 0) is 29.3 Å². The highest BCUT2D eigenvalue weighted by molar-refractivity contribution is 6.35. The summed E-state index contributed by atoms with van der Waals surface area (Å²) in [4.78, 5) is 26.4. The lowest BCUT2D eigenvalue weighted by molar-refractivity contribution is -0.138. The summed E-state index contributed by atoms with van der Waals surface area (Å²) in [5.74, 6) is -1.66. The fourth-order valence-corrected chi connectivity index (χ4v) is 4.77. The minimum atomic E-state index is -1.40. The van der Waals surface area contributed by atoms with E-state index in [1.807, 2.05) is 42.5 Å². The maximum atomic E-state index is 13.7. The first-order valence-corrected chi connectivity index (χ1v) is 10.3. The van der Waals surface area contributed by atoms with Crippen molar-refractivity contribution in [3.63, 3.8) is 0 Å². The molecule has 3 aromatic rings. The molecule has 4 nitrogen and oxygen atoms in total. The van der Waals surface area contributed by atoms with Gasteiger partial charge in [-0.1, -0.05) is 84.4 Å². The number of rotatable bonds is 5. The first kappa shape index (κ1) is 21.2. The molecule has 0 N–H and O–H groups in total.